The molecular weight excluding hydrogens is 434 g/mol. The van der Waals surface area contributed by atoms with E-state index in [4.69, 9.17) is 14.2 Å². The maximum atomic E-state index is 12.2. The highest BCUT2D eigenvalue weighted by Gasteiger charge is 2.08. The molecule has 1 amide bonds. The monoisotopic (exact) mass is 459 g/mol. The zero-order valence-electron chi connectivity index (χ0n) is 19.0. The Hall–Kier alpha value is -4.40. The van der Waals surface area contributed by atoms with Crippen LogP contribution in [0, 0.1) is 0 Å². The lowest BCUT2D eigenvalue weighted by molar-refractivity contribution is -0.121. The molecule has 174 valence electrons. The Bertz CT molecular complexity index is 1280. The molecule has 0 saturated heterocycles. The quantitative estimate of drug-likeness (QED) is 0.288. The lowest BCUT2D eigenvalue weighted by atomic mass is 10.2. The summed E-state index contributed by atoms with van der Waals surface area (Å²) in [6.45, 7) is 0.806. The lowest BCUT2D eigenvalue weighted by Gasteiger charge is -2.11. The number of fused-ring (bicyclic) bond motifs is 1. The average molecular weight is 460 g/mol. The van der Waals surface area contributed by atoms with E-state index in [-0.39, 0.29) is 12.3 Å². The van der Waals surface area contributed by atoms with Crippen molar-refractivity contribution in [2.45, 2.75) is 19.6 Å². The maximum absolute atomic E-state index is 12.2. The number of ether oxygens (including phenoxy) is 3. The minimum absolute atomic E-state index is 0.220. The second-order valence-corrected chi connectivity index (χ2v) is 7.39. The average Bonchev–Trinajstić information content (AvgIpc) is 3.30. The summed E-state index contributed by atoms with van der Waals surface area (Å²) in [5.41, 5.74) is 5.99. The van der Waals surface area contributed by atoms with E-state index in [1.165, 1.54) is 0 Å². The molecule has 0 atom stereocenters. The molecule has 0 radical (unpaired) electrons. The van der Waals surface area contributed by atoms with Gasteiger partial charge in [0.05, 0.1) is 32.5 Å². The van der Waals surface area contributed by atoms with Gasteiger partial charge in [0.2, 0.25) is 5.91 Å². The topological polar surface area (TPSA) is 99.9 Å². The molecule has 0 unspecified atom stereocenters. The number of carbonyl (C=O) groups excluding carboxylic acids is 1. The zero-order valence-corrected chi connectivity index (χ0v) is 19.0. The summed E-state index contributed by atoms with van der Waals surface area (Å²) >= 11 is 0. The van der Waals surface area contributed by atoms with Crippen LogP contribution in [0.2, 0.25) is 0 Å². The van der Waals surface area contributed by atoms with Crippen LogP contribution in [0.15, 0.2) is 71.8 Å². The van der Waals surface area contributed by atoms with Crippen LogP contribution in [-0.2, 0) is 17.9 Å². The molecule has 0 bridgehead atoms. The first-order chi connectivity index (χ1) is 16.7. The molecule has 0 saturated carbocycles. The third kappa shape index (κ3) is 5.69. The van der Waals surface area contributed by atoms with Gasteiger partial charge >= 0.3 is 0 Å². The number of nitrogens with one attached hydrogen (secondary N) is 1. The van der Waals surface area contributed by atoms with Crippen LogP contribution in [-0.4, -0.2) is 41.3 Å². The molecule has 0 aliphatic heterocycles. The fraction of sp³-hybridized carbons (Fsp3) is 0.200. The van der Waals surface area contributed by atoms with Crippen LogP contribution in [0.4, 0.5) is 0 Å². The highest BCUT2D eigenvalue weighted by atomic mass is 16.5. The second kappa shape index (κ2) is 11.0. The summed E-state index contributed by atoms with van der Waals surface area (Å²) < 4.78 is 18.2. The molecule has 1 N–H and O–H groups in total. The Kier molecular flexibility index (Phi) is 7.34. The van der Waals surface area contributed by atoms with E-state index in [9.17, 15) is 4.79 Å². The normalized spacial score (nSPS) is 11.0. The number of para-hydroxylation sites is 1. The highest BCUT2D eigenvalue weighted by Crippen LogP contribution is 2.28. The standard InChI is InChI=1S/C25H25N5O4/c1-32-20-10-7-18(8-11-20)17-34-23-12-9-19(15-24(23)33-2)16-26-28-25(31)13-14-30-22-6-4-3-5-21(22)27-29-30/h3-12,15-16H,13-14,17H2,1-2H3,(H,28,31). The van der Waals surface area contributed by atoms with E-state index < -0.39 is 0 Å². The molecule has 0 fully saturated rings. The van der Waals surface area contributed by atoms with E-state index in [1.54, 1.807) is 37.2 Å². The van der Waals surface area contributed by atoms with Gasteiger partial charge < -0.3 is 14.2 Å². The second-order valence-electron chi connectivity index (χ2n) is 7.39. The Balaban J connectivity index is 1.29. The van der Waals surface area contributed by atoms with Crippen LogP contribution in [0.5, 0.6) is 17.2 Å². The third-order valence-electron chi connectivity index (χ3n) is 5.11. The van der Waals surface area contributed by atoms with Gasteiger partial charge in [-0.25, -0.2) is 10.1 Å². The van der Waals surface area contributed by atoms with Crippen LogP contribution in [0.25, 0.3) is 11.0 Å². The van der Waals surface area contributed by atoms with Crippen molar-refractivity contribution in [1.82, 2.24) is 20.4 Å². The molecule has 34 heavy (non-hydrogen) atoms. The summed E-state index contributed by atoms with van der Waals surface area (Å²) in [4.78, 5) is 12.2. The fourth-order valence-corrected chi connectivity index (χ4v) is 3.29. The minimum atomic E-state index is -0.220. The lowest BCUT2D eigenvalue weighted by Crippen LogP contribution is -2.19. The number of nitrogens with zero attached hydrogens (tertiary/aromatic N) is 4. The number of carbonyl (C=O) groups is 1. The van der Waals surface area contributed by atoms with Crippen LogP contribution in [0.1, 0.15) is 17.5 Å². The van der Waals surface area contributed by atoms with Crippen LogP contribution in [0.3, 0.4) is 0 Å². The number of aryl methyl sites for hydroxylation is 1. The first kappa shape index (κ1) is 22.8. The number of aromatic nitrogens is 3. The van der Waals surface area contributed by atoms with Crippen molar-refractivity contribution in [2.75, 3.05) is 14.2 Å². The zero-order chi connectivity index (χ0) is 23.8. The third-order valence-corrected chi connectivity index (χ3v) is 5.11. The largest absolute Gasteiger partial charge is 0.497 e. The van der Waals surface area contributed by atoms with Gasteiger partial charge in [-0.1, -0.05) is 29.5 Å². The summed E-state index contributed by atoms with van der Waals surface area (Å²) in [5.74, 6) is 1.76. The molecule has 9 heteroatoms. The summed E-state index contributed by atoms with van der Waals surface area (Å²) in [7, 11) is 3.21. The van der Waals surface area contributed by atoms with E-state index in [0.717, 1.165) is 27.9 Å². The first-order valence-electron chi connectivity index (χ1n) is 10.7. The SMILES string of the molecule is COc1ccc(COc2ccc(C=NNC(=O)CCn3nnc4ccccc43)cc2OC)cc1. The molecule has 0 aliphatic rings. The highest BCUT2D eigenvalue weighted by molar-refractivity contribution is 5.83. The Morgan fingerprint density at radius 2 is 1.85 bits per heavy atom. The van der Waals surface area contributed by atoms with Gasteiger partial charge in [0.15, 0.2) is 11.5 Å². The Morgan fingerprint density at radius 3 is 2.65 bits per heavy atom. The van der Waals surface area contributed by atoms with Crippen molar-refractivity contribution in [1.29, 1.82) is 0 Å². The molecule has 1 heterocycles. The number of amides is 1. The van der Waals surface area contributed by atoms with Gasteiger partial charge in [-0.2, -0.15) is 5.10 Å². The fourth-order valence-electron chi connectivity index (χ4n) is 3.29. The molecule has 4 aromatic rings. The molecule has 1 aromatic heterocycles. The first-order valence-corrected chi connectivity index (χ1v) is 10.7. The van der Waals surface area contributed by atoms with Crippen molar-refractivity contribution in [3.05, 3.63) is 77.9 Å². The number of hydrazone groups is 1. The minimum Gasteiger partial charge on any atom is -0.497 e. The molecule has 0 spiro atoms. The number of rotatable bonds is 10. The summed E-state index contributed by atoms with van der Waals surface area (Å²) in [6.07, 6.45) is 1.78. The van der Waals surface area contributed by atoms with E-state index in [2.05, 4.69) is 20.8 Å². The Morgan fingerprint density at radius 1 is 1.03 bits per heavy atom. The van der Waals surface area contributed by atoms with Crippen molar-refractivity contribution >= 4 is 23.2 Å². The number of benzene rings is 3. The van der Waals surface area contributed by atoms with Gasteiger partial charge in [-0.3, -0.25) is 4.79 Å². The molecular formula is C25H25N5O4. The molecule has 9 nitrogen and oxygen atoms in total. The van der Waals surface area contributed by atoms with Crippen molar-refractivity contribution in [2.24, 2.45) is 5.10 Å². The smallest absolute Gasteiger partial charge is 0.241 e. The number of hydrogen-bond acceptors (Lipinski definition) is 7. The van der Waals surface area contributed by atoms with Gasteiger partial charge in [-0.05, 0) is 53.6 Å². The van der Waals surface area contributed by atoms with Gasteiger partial charge in [0.25, 0.3) is 0 Å². The van der Waals surface area contributed by atoms with Gasteiger partial charge in [0, 0.05) is 6.42 Å². The predicted molar refractivity (Wildman–Crippen MR) is 128 cm³/mol. The van der Waals surface area contributed by atoms with E-state index >= 15 is 0 Å². The number of methoxy groups -OCH3 is 2. The summed E-state index contributed by atoms with van der Waals surface area (Å²) in [5, 5.41) is 12.2. The van der Waals surface area contributed by atoms with Crippen LogP contribution < -0.4 is 19.6 Å². The van der Waals surface area contributed by atoms with Gasteiger partial charge in [-0.15, -0.1) is 5.10 Å². The van der Waals surface area contributed by atoms with Crippen molar-refractivity contribution < 1.29 is 19.0 Å². The maximum Gasteiger partial charge on any atom is 0.241 e. The van der Waals surface area contributed by atoms with E-state index in [0.29, 0.717) is 24.7 Å². The molecule has 4 rings (SSSR count). The van der Waals surface area contributed by atoms with Crippen molar-refractivity contribution in [3.8, 4) is 17.2 Å². The molecule has 3 aromatic carbocycles. The van der Waals surface area contributed by atoms with E-state index in [1.807, 2.05) is 54.6 Å². The van der Waals surface area contributed by atoms with Crippen molar-refractivity contribution in [3.63, 3.8) is 0 Å². The predicted octanol–water partition coefficient (Wildman–Crippen LogP) is 3.57. The van der Waals surface area contributed by atoms with Gasteiger partial charge in [0.1, 0.15) is 17.9 Å². The Labute approximate surface area is 196 Å². The molecule has 0 aliphatic carbocycles. The summed E-state index contributed by atoms with van der Waals surface area (Å²) in [6, 6.07) is 20.7. The number of hydrogen-bond donors (Lipinski definition) is 1. The van der Waals surface area contributed by atoms with Crippen LogP contribution >= 0.6 is 0 Å².